The number of benzene rings is 1. The molecule has 108 valence electrons. The molecule has 0 bridgehead atoms. The maximum absolute atomic E-state index is 13.7. The first-order chi connectivity index (χ1) is 8.86. The Bertz CT molecular complexity index is 515. The van der Waals surface area contributed by atoms with Crippen LogP contribution < -0.4 is 10.0 Å². The van der Waals surface area contributed by atoms with Gasteiger partial charge in [-0.1, -0.05) is 19.9 Å². The van der Waals surface area contributed by atoms with Crippen molar-refractivity contribution in [2.24, 2.45) is 5.92 Å². The van der Waals surface area contributed by atoms with Gasteiger partial charge in [0.05, 0.1) is 0 Å². The molecule has 1 aromatic rings. The summed E-state index contributed by atoms with van der Waals surface area (Å²) in [5.74, 6) is -0.333. The summed E-state index contributed by atoms with van der Waals surface area (Å²) in [6.45, 7) is 4.81. The van der Waals surface area contributed by atoms with Gasteiger partial charge >= 0.3 is 0 Å². The third kappa shape index (κ3) is 4.89. The van der Waals surface area contributed by atoms with E-state index in [0.29, 0.717) is 19.0 Å². The van der Waals surface area contributed by atoms with E-state index in [1.54, 1.807) is 13.1 Å². The van der Waals surface area contributed by atoms with Crippen molar-refractivity contribution < 1.29 is 12.8 Å². The first-order valence-electron chi connectivity index (χ1n) is 6.29. The summed E-state index contributed by atoms with van der Waals surface area (Å²) in [5.41, 5.74) is 0.730. The van der Waals surface area contributed by atoms with E-state index >= 15 is 0 Å². The number of sulfonamides is 1. The van der Waals surface area contributed by atoms with Crippen LogP contribution in [0.3, 0.4) is 0 Å². The van der Waals surface area contributed by atoms with Crippen LogP contribution in [-0.4, -0.2) is 22.0 Å². The Morgan fingerprint density at radius 3 is 2.58 bits per heavy atom. The molecule has 0 saturated carbocycles. The number of nitrogens with one attached hydrogen (secondary N) is 2. The van der Waals surface area contributed by atoms with Gasteiger partial charge in [-0.3, -0.25) is 0 Å². The van der Waals surface area contributed by atoms with Crippen LogP contribution in [0.2, 0.25) is 0 Å². The summed E-state index contributed by atoms with van der Waals surface area (Å²) in [6, 6.07) is 4.12. The Hall–Kier alpha value is -0.980. The molecule has 0 aromatic heterocycles. The van der Waals surface area contributed by atoms with E-state index in [1.165, 1.54) is 12.1 Å². The highest BCUT2D eigenvalue weighted by atomic mass is 32.2. The van der Waals surface area contributed by atoms with Crippen LogP contribution in [0.5, 0.6) is 0 Å². The maximum Gasteiger partial charge on any atom is 0.243 e. The smallest absolute Gasteiger partial charge is 0.243 e. The standard InChI is InChI=1S/C13H21FN2O2S/c1-10(2)6-7-16-19(17,18)13-8-11(9-15-3)4-5-12(13)14/h4-5,8,10,15-16H,6-7,9H2,1-3H3. The van der Waals surface area contributed by atoms with E-state index in [2.05, 4.69) is 10.0 Å². The molecule has 0 radical (unpaired) electrons. The lowest BCUT2D eigenvalue weighted by Gasteiger charge is -2.10. The van der Waals surface area contributed by atoms with Crippen LogP contribution in [0.1, 0.15) is 25.8 Å². The molecule has 0 aliphatic rings. The van der Waals surface area contributed by atoms with Crippen LogP contribution in [-0.2, 0) is 16.6 Å². The summed E-state index contributed by atoms with van der Waals surface area (Å²) in [7, 11) is -2.03. The second-order valence-electron chi connectivity index (χ2n) is 4.88. The van der Waals surface area contributed by atoms with Gasteiger partial charge in [-0.15, -0.1) is 0 Å². The summed E-state index contributed by atoms with van der Waals surface area (Å²) < 4.78 is 40.1. The van der Waals surface area contributed by atoms with E-state index in [4.69, 9.17) is 0 Å². The normalized spacial score (nSPS) is 12.1. The lowest BCUT2D eigenvalue weighted by Crippen LogP contribution is -2.26. The van der Waals surface area contributed by atoms with Crippen LogP contribution in [0.25, 0.3) is 0 Å². The summed E-state index contributed by atoms with van der Waals surface area (Å²) >= 11 is 0. The molecular formula is C13H21FN2O2S. The van der Waals surface area contributed by atoms with Crippen LogP contribution in [0.4, 0.5) is 4.39 Å². The molecule has 0 heterocycles. The Morgan fingerprint density at radius 2 is 2.00 bits per heavy atom. The average molecular weight is 288 g/mol. The maximum atomic E-state index is 13.7. The minimum Gasteiger partial charge on any atom is -0.316 e. The molecule has 0 atom stereocenters. The number of rotatable bonds is 7. The number of hydrogen-bond donors (Lipinski definition) is 2. The predicted octanol–water partition coefficient (Wildman–Crippen LogP) is 1.87. The first kappa shape index (κ1) is 16.1. The molecule has 0 aliphatic carbocycles. The first-order valence-corrected chi connectivity index (χ1v) is 7.78. The van der Waals surface area contributed by atoms with Crippen molar-refractivity contribution >= 4 is 10.0 Å². The summed E-state index contributed by atoms with van der Waals surface area (Å²) in [5, 5.41) is 2.90. The monoisotopic (exact) mass is 288 g/mol. The third-order valence-corrected chi connectivity index (χ3v) is 4.16. The van der Waals surface area contributed by atoms with Crippen LogP contribution in [0.15, 0.2) is 23.1 Å². The molecule has 0 amide bonds. The minimum atomic E-state index is -3.78. The quantitative estimate of drug-likeness (QED) is 0.805. The Morgan fingerprint density at radius 1 is 1.32 bits per heavy atom. The van der Waals surface area contributed by atoms with E-state index in [1.807, 2.05) is 13.8 Å². The molecule has 0 saturated heterocycles. The second-order valence-corrected chi connectivity index (χ2v) is 6.61. The highest BCUT2D eigenvalue weighted by molar-refractivity contribution is 7.89. The molecule has 1 aromatic carbocycles. The zero-order chi connectivity index (χ0) is 14.5. The third-order valence-electron chi connectivity index (χ3n) is 2.68. The van der Waals surface area contributed by atoms with Gasteiger partial charge in [0.2, 0.25) is 10.0 Å². The Balaban J connectivity index is 2.90. The van der Waals surface area contributed by atoms with Crippen molar-refractivity contribution in [2.45, 2.75) is 31.7 Å². The van der Waals surface area contributed by atoms with Gasteiger partial charge in [-0.05, 0) is 37.1 Å². The van der Waals surface area contributed by atoms with Crippen molar-refractivity contribution in [1.29, 1.82) is 0 Å². The van der Waals surface area contributed by atoms with Gasteiger partial charge < -0.3 is 5.32 Å². The number of halogens is 1. The van der Waals surface area contributed by atoms with Crippen molar-refractivity contribution in [3.05, 3.63) is 29.6 Å². The van der Waals surface area contributed by atoms with Crippen molar-refractivity contribution in [3.8, 4) is 0 Å². The molecule has 0 unspecified atom stereocenters. The van der Waals surface area contributed by atoms with Crippen molar-refractivity contribution in [2.75, 3.05) is 13.6 Å². The van der Waals surface area contributed by atoms with E-state index in [9.17, 15) is 12.8 Å². The fourth-order valence-electron chi connectivity index (χ4n) is 1.63. The molecule has 0 aliphatic heterocycles. The van der Waals surface area contributed by atoms with Gasteiger partial charge in [0.15, 0.2) is 0 Å². The molecule has 0 spiro atoms. The largest absolute Gasteiger partial charge is 0.316 e. The van der Waals surface area contributed by atoms with Crippen LogP contribution in [0, 0.1) is 11.7 Å². The van der Waals surface area contributed by atoms with Gasteiger partial charge in [0, 0.05) is 13.1 Å². The molecule has 19 heavy (non-hydrogen) atoms. The molecule has 2 N–H and O–H groups in total. The van der Waals surface area contributed by atoms with E-state index in [0.717, 1.165) is 12.0 Å². The zero-order valence-electron chi connectivity index (χ0n) is 11.5. The van der Waals surface area contributed by atoms with Gasteiger partial charge in [0.25, 0.3) is 0 Å². The SMILES string of the molecule is CNCc1ccc(F)c(S(=O)(=O)NCCC(C)C)c1. The Labute approximate surface area is 114 Å². The summed E-state index contributed by atoms with van der Waals surface area (Å²) in [4.78, 5) is -0.288. The molecule has 4 nitrogen and oxygen atoms in total. The second kappa shape index (κ2) is 6.98. The molecule has 0 fully saturated rings. The minimum absolute atomic E-state index is 0.288. The van der Waals surface area contributed by atoms with Gasteiger partial charge in [0.1, 0.15) is 10.7 Å². The predicted molar refractivity (Wildman–Crippen MR) is 73.8 cm³/mol. The highest BCUT2D eigenvalue weighted by Crippen LogP contribution is 2.16. The fourth-order valence-corrected chi connectivity index (χ4v) is 2.80. The van der Waals surface area contributed by atoms with Crippen molar-refractivity contribution in [1.82, 2.24) is 10.0 Å². The van der Waals surface area contributed by atoms with E-state index in [-0.39, 0.29) is 4.90 Å². The average Bonchev–Trinajstić information content (AvgIpc) is 2.31. The molecular weight excluding hydrogens is 267 g/mol. The summed E-state index contributed by atoms with van der Waals surface area (Å²) in [6.07, 6.45) is 0.719. The number of hydrogen-bond acceptors (Lipinski definition) is 3. The van der Waals surface area contributed by atoms with E-state index < -0.39 is 15.8 Å². The van der Waals surface area contributed by atoms with Gasteiger partial charge in [-0.25, -0.2) is 17.5 Å². The van der Waals surface area contributed by atoms with Crippen LogP contribution >= 0.6 is 0 Å². The van der Waals surface area contributed by atoms with Crippen molar-refractivity contribution in [3.63, 3.8) is 0 Å². The fraction of sp³-hybridized carbons (Fsp3) is 0.538. The lowest BCUT2D eigenvalue weighted by atomic mass is 10.1. The topological polar surface area (TPSA) is 58.2 Å². The molecule has 6 heteroatoms. The lowest BCUT2D eigenvalue weighted by molar-refractivity contribution is 0.539. The zero-order valence-corrected chi connectivity index (χ0v) is 12.3. The molecule has 1 rings (SSSR count). The highest BCUT2D eigenvalue weighted by Gasteiger charge is 2.19. The Kier molecular flexibility index (Phi) is 5.90. The van der Waals surface area contributed by atoms with Gasteiger partial charge in [-0.2, -0.15) is 0 Å².